The molecule has 0 aromatic heterocycles. The Labute approximate surface area is 162 Å². The summed E-state index contributed by atoms with van der Waals surface area (Å²) >= 11 is 16.3. The Morgan fingerprint density at radius 2 is 1.96 bits per heavy atom. The fourth-order valence-electron chi connectivity index (χ4n) is 4.18. The van der Waals surface area contributed by atoms with E-state index in [2.05, 4.69) is 22.9 Å². The molecular formula is C19H23BrCl2O2. The Morgan fingerprint density at radius 3 is 2.62 bits per heavy atom. The van der Waals surface area contributed by atoms with Crippen molar-refractivity contribution in [3.8, 4) is 5.75 Å². The van der Waals surface area contributed by atoms with Gasteiger partial charge in [-0.05, 0) is 49.7 Å². The van der Waals surface area contributed by atoms with Crippen LogP contribution in [0.15, 0.2) is 6.07 Å². The maximum Gasteiger partial charge on any atom is 0.171 e. The second-order valence-corrected chi connectivity index (χ2v) is 8.74. The zero-order chi connectivity index (χ0) is 17.3. The highest BCUT2D eigenvalue weighted by atomic mass is 79.9. The van der Waals surface area contributed by atoms with Crippen LogP contribution in [-0.4, -0.2) is 17.7 Å². The van der Waals surface area contributed by atoms with Crippen molar-refractivity contribution in [2.45, 2.75) is 51.9 Å². The highest BCUT2D eigenvalue weighted by Crippen LogP contribution is 2.52. The number of fused-ring (bicyclic) bond motifs is 1. The van der Waals surface area contributed by atoms with Crippen molar-refractivity contribution in [3.05, 3.63) is 27.2 Å². The van der Waals surface area contributed by atoms with Crippen LogP contribution in [0.25, 0.3) is 0 Å². The third kappa shape index (κ3) is 3.24. The van der Waals surface area contributed by atoms with Gasteiger partial charge in [-0.25, -0.2) is 0 Å². The SMILES string of the molecule is C[C@@]1(C2CCCC2)Cc2cc(OCCCCBr)c(Cl)c(Cl)c2C1=O. The van der Waals surface area contributed by atoms with Crippen molar-refractivity contribution in [1.82, 2.24) is 0 Å². The molecule has 24 heavy (non-hydrogen) atoms. The summed E-state index contributed by atoms with van der Waals surface area (Å²) in [5.74, 6) is 1.23. The molecule has 0 amide bonds. The summed E-state index contributed by atoms with van der Waals surface area (Å²) in [6.07, 6.45) is 7.47. The number of benzene rings is 1. The summed E-state index contributed by atoms with van der Waals surface area (Å²) in [5, 5.41) is 1.71. The molecule has 0 saturated heterocycles. The first-order valence-corrected chi connectivity index (χ1v) is 10.6. The maximum atomic E-state index is 13.1. The minimum absolute atomic E-state index is 0.169. The Hall–Kier alpha value is -0.250. The number of hydrogen-bond acceptors (Lipinski definition) is 2. The van der Waals surface area contributed by atoms with Crippen molar-refractivity contribution >= 4 is 44.9 Å². The minimum atomic E-state index is -0.333. The highest BCUT2D eigenvalue weighted by Gasteiger charge is 2.49. The van der Waals surface area contributed by atoms with Gasteiger partial charge in [-0.2, -0.15) is 0 Å². The molecule has 1 fully saturated rings. The average molecular weight is 434 g/mol. The van der Waals surface area contributed by atoms with Crippen LogP contribution in [0.4, 0.5) is 0 Å². The number of ketones is 1. The predicted molar refractivity (Wildman–Crippen MR) is 103 cm³/mol. The molecule has 2 aliphatic rings. The van der Waals surface area contributed by atoms with Crippen LogP contribution < -0.4 is 4.74 Å². The largest absolute Gasteiger partial charge is 0.492 e. The summed E-state index contributed by atoms with van der Waals surface area (Å²) in [5.41, 5.74) is 1.29. The van der Waals surface area contributed by atoms with E-state index in [1.165, 1.54) is 12.8 Å². The lowest BCUT2D eigenvalue weighted by Gasteiger charge is -2.29. The van der Waals surface area contributed by atoms with E-state index in [9.17, 15) is 4.79 Å². The molecule has 1 atom stereocenters. The van der Waals surface area contributed by atoms with Crippen LogP contribution >= 0.6 is 39.1 Å². The zero-order valence-electron chi connectivity index (χ0n) is 14.0. The summed E-state index contributed by atoms with van der Waals surface area (Å²) in [7, 11) is 0. The molecule has 1 aromatic carbocycles. The van der Waals surface area contributed by atoms with Crippen molar-refractivity contribution in [3.63, 3.8) is 0 Å². The van der Waals surface area contributed by atoms with E-state index in [1.807, 2.05) is 6.07 Å². The summed E-state index contributed by atoms with van der Waals surface area (Å²) in [6, 6.07) is 1.94. The van der Waals surface area contributed by atoms with E-state index in [0.29, 0.717) is 33.9 Å². The third-order valence-corrected chi connectivity index (χ3v) is 7.01. The van der Waals surface area contributed by atoms with Gasteiger partial charge in [-0.3, -0.25) is 4.79 Å². The van der Waals surface area contributed by atoms with E-state index in [1.54, 1.807) is 0 Å². The lowest BCUT2D eigenvalue weighted by Crippen LogP contribution is -2.32. The van der Waals surface area contributed by atoms with Crippen LogP contribution in [0.5, 0.6) is 5.75 Å². The molecule has 132 valence electrons. The van der Waals surface area contributed by atoms with Crippen molar-refractivity contribution < 1.29 is 9.53 Å². The molecule has 0 heterocycles. The Bertz CT molecular complexity index is 641. The molecule has 2 nitrogen and oxygen atoms in total. The van der Waals surface area contributed by atoms with E-state index < -0.39 is 0 Å². The van der Waals surface area contributed by atoms with Gasteiger partial charge in [0.1, 0.15) is 10.8 Å². The van der Waals surface area contributed by atoms with Gasteiger partial charge in [0.2, 0.25) is 0 Å². The molecule has 0 bridgehead atoms. The maximum absolute atomic E-state index is 13.1. The van der Waals surface area contributed by atoms with Gasteiger partial charge in [0.15, 0.2) is 5.78 Å². The van der Waals surface area contributed by atoms with E-state index in [4.69, 9.17) is 27.9 Å². The number of Topliss-reactive ketones (excluding diaryl/α,β-unsaturated/α-hetero) is 1. The third-order valence-electron chi connectivity index (χ3n) is 5.60. The molecule has 0 aliphatic heterocycles. The Morgan fingerprint density at radius 1 is 1.25 bits per heavy atom. The lowest BCUT2D eigenvalue weighted by molar-refractivity contribution is 0.0744. The number of hydrogen-bond donors (Lipinski definition) is 0. The molecule has 0 radical (unpaired) electrons. The molecule has 1 aromatic rings. The van der Waals surface area contributed by atoms with Crippen molar-refractivity contribution in [2.75, 3.05) is 11.9 Å². The van der Waals surface area contributed by atoms with Gasteiger partial charge < -0.3 is 4.74 Å². The van der Waals surface area contributed by atoms with Crippen LogP contribution in [0, 0.1) is 11.3 Å². The molecular weight excluding hydrogens is 411 g/mol. The number of ether oxygens (including phenoxy) is 1. The summed E-state index contributed by atoms with van der Waals surface area (Å²) < 4.78 is 5.83. The van der Waals surface area contributed by atoms with Crippen LogP contribution in [0.1, 0.15) is 61.4 Å². The highest BCUT2D eigenvalue weighted by molar-refractivity contribution is 9.09. The number of carbonyl (C=O) groups excluding carboxylic acids is 1. The van der Waals surface area contributed by atoms with Gasteiger partial charge in [-0.1, -0.05) is 58.9 Å². The number of unbranched alkanes of at least 4 members (excludes halogenated alkanes) is 1. The molecule has 2 aliphatic carbocycles. The first-order valence-electron chi connectivity index (χ1n) is 8.73. The standard InChI is InChI=1S/C19H23BrCl2O2/c1-19(13-6-2-3-7-13)11-12-10-14(24-9-5-4-8-20)16(21)17(22)15(12)18(19)23/h10,13H,2-9,11H2,1H3/t19-/m0/s1. The molecule has 0 unspecified atom stereocenters. The van der Waals surface area contributed by atoms with Crippen molar-refractivity contribution in [2.24, 2.45) is 11.3 Å². The summed E-state index contributed by atoms with van der Waals surface area (Å²) in [6.45, 7) is 2.71. The normalized spacial score (nSPS) is 23.8. The van der Waals surface area contributed by atoms with Gasteiger partial charge in [0.25, 0.3) is 0 Å². The van der Waals surface area contributed by atoms with Crippen LogP contribution in [0.2, 0.25) is 10.0 Å². The first-order chi connectivity index (χ1) is 11.5. The fourth-order valence-corrected chi connectivity index (χ4v) is 5.08. The van der Waals surface area contributed by atoms with Gasteiger partial charge in [-0.15, -0.1) is 0 Å². The molecule has 0 spiro atoms. The zero-order valence-corrected chi connectivity index (χ0v) is 17.1. The van der Waals surface area contributed by atoms with E-state index in [-0.39, 0.29) is 11.2 Å². The predicted octanol–water partition coefficient (Wildman–Crippen LogP) is 6.48. The van der Waals surface area contributed by atoms with Crippen LogP contribution in [-0.2, 0) is 6.42 Å². The number of rotatable bonds is 6. The topological polar surface area (TPSA) is 26.3 Å². The van der Waals surface area contributed by atoms with E-state index >= 15 is 0 Å². The number of alkyl halides is 1. The number of halogens is 3. The van der Waals surface area contributed by atoms with Crippen molar-refractivity contribution in [1.29, 1.82) is 0 Å². The fraction of sp³-hybridized carbons (Fsp3) is 0.632. The second kappa shape index (κ2) is 7.55. The van der Waals surface area contributed by atoms with Gasteiger partial charge in [0, 0.05) is 16.3 Å². The lowest BCUT2D eigenvalue weighted by atomic mass is 9.73. The van der Waals surface area contributed by atoms with Gasteiger partial charge in [0.05, 0.1) is 11.6 Å². The second-order valence-electron chi connectivity index (χ2n) is 7.19. The monoisotopic (exact) mass is 432 g/mol. The Kier molecular flexibility index (Phi) is 5.83. The Balaban J connectivity index is 1.86. The molecule has 0 N–H and O–H groups in total. The molecule has 5 heteroatoms. The summed E-state index contributed by atoms with van der Waals surface area (Å²) in [4.78, 5) is 13.1. The minimum Gasteiger partial charge on any atom is -0.492 e. The number of carbonyl (C=O) groups is 1. The first kappa shape index (κ1) is 18.5. The van der Waals surface area contributed by atoms with Crippen LogP contribution in [0.3, 0.4) is 0 Å². The quantitative estimate of drug-likeness (QED) is 0.378. The van der Waals surface area contributed by atoms with Gasteiger partial charge >= 0.3 is 0 Å². The smallest absolute Gasteiger partial charge is 0.171 e. The molecule has 1 saturated carbocycles. The average Bonchev–Trinajstić information content (AvgIpc) is 3.17. The molecule has 3 rings (SSSR count). The van der Waals surface area contributed by atoms with E-state index in [0.717, 1.165) is 43.0 Å².